The molecule has 0 aliphatic rings. The largest absolute Gasteiger partial charge is 0.383 e. The van der Waals surface area contributed by atoms with Crippen LogP contribution in [-0.4, -0.2) is 29.2 Å². The van der Waals surface area contributed by atoms with Crippen molar-refractivity contribution in [2.75, 3.05) is 24.4 Å². The first-order valence-corrected chi connectivity index (χ1v) is 9.84. The minimum absolute atomic E-state index is 0.0882. The molecular weight excluding hydrogens is 416 g/mol. The van der Waals surface area contributed by atoms with Gasteiger partial charge in [-0.15, -0.1) is 11.3 Å². The number of aromatic nitrogens is 2. The molecule has 10 heteroatoms. The Morgan fingerprint density at radius 3 is 2.59 bits per heavy atom. The van der Waals surface area contributed by atoms with Gasteiger partial charge in [0, 0.05) is 7.11 Å². The summed E-state index contributed by atoms with van der Waals surface area (Å²) in [6.07, 6.45) is 0. The van der Waals surface area contributed by atoms with E-state index in [0.717, 1.165) is 16.9 Å². The molecule has 3 rings (SSSR count). The molecule has 1 amide bonds. The van der Waals surface area contributed by atoms with Gasteiger partial charge in [-0.25, -0.2) is 4.79 Å². The maximum absolute atomic E-state index is 13.2. The lowest BCUT2D eigenvalue weighted by molar-refractivity contribution is 0.0988. The number of hydrogen-bond donors (Lipinski definition) is 2. The highest BCUT2D eigenvalue weighted by atomic mass is 35.5. The molecule has 0 atom stereocenters. The molecule has 29 heavy (non-hydrogen) atoms. The third kappa shape index (κ3) is 4.58. The number of ether oxygens (including phenoxy) is 1. The number of amides is 1. The summed E-state index contributed by atoms with van der Waals surface area (Å²) in [6.45, 7) is 0.427. The van der Waals surface area contributed by atoms with E-state index >= 15 is 0 Å². The van der Waals surface area contributed by atoms with Crippen LogP contribution in [0.3, 0.4) is 0 Å². The van der Waals surface area contributed by atoms with Gasteiger partial charge in [0.05, 0.1) is 28.9 Å². The number of hydrogen-bond acceptors (Lipinski definition) is 6. The number of rotatable bonds is 7. The van der Waals surface area contributed by atoms with Crippen LogP contribution in [-0.2, 0) is 17.8 Å². The van der Waals surface area contributed by atoms with Gasteiger partial charge in [0.25, 0.3) is 11.5 Å². The average molecular weight is 435 g/mol. The van der Waals surface area contributed by atoms with Gasteiger partial charge in [0.1, 0.15) is 5.82 Å². The van der Waals surface area contributed by atoms with E-state index in [1.54, 1.807) is 12.1 Å². The zero-order valence-electron chi connectivity index (χ0n) is 15.6. The molecule has 0 aliphatic heterocycles. The van der Waals surface area contributed by atoms with E-state index in [-0.39, 0.29) is 31.2 Å². The summed E-state index contributed by atoms with van der Waals surface area (Å²) in [5.74, 6) is -0.553. The Bertz CT molecular complexity index is 1120. The minimum atomic E-state index is -0.742. The van der Waals surface area contributed by atoms with Crippen LogP contribution in [0.25, 0.3) is 0 Å². The highest BCUT2D eigenvalue weighted by Gasteiger charge is 2.26. The Labute approximate surface area is 175 Å². The van der Waals surface area contributed by atoms with E-state index in [2.05, 4.69) is 4.98 Å². The van der Waals surface area contributed by atoms with Crippen molar-refractivity contribution in [3.63, 3.8) is 0 Å². The topological polar surface area (TPSA) is 110 Å². The highest BCUT2D eigenvalue weighted by Crippen LogP contribution is 2.27. The number of carbonyl (C=O) groups excluding carboxylic acids is 1. The molecule has 1 aromatic carbocycles. The fraction of sp³-hybridized carbons (Fsp3) is 0.211. The number of nitrogens with two attached hydrogens (primary N) is 1. The highest BCUT2D eigenvalue weighted by molar-refractivity contribution is 7.18. The number of anilines is 2. The van der Waals surface area contributed by atoms with Gasteiger partial charge >= 0.3 is 5.69 Å². The average Bonchev–Trinajstić information content (AvgIpc) is 3.13. The Balaban J connectivity index is 2.14. The summed E-state index contributed by atoms with van der Waals surface area (Å²) in [7, 11) is 1.49. The normalized spacial score (nSPS) is 10.8. The summed E-state index contributed by atoms with van der Waals surface area (Å²) in [5.41, 5.74) is 5.45. The van der Waals surface area contributed by atoms with Crippen molar-refractivity contribution in [1.82, 2.24) is 9.55 Å². The number of aromatic amines is 1. The molecule has 0 aliphatic carbocycles. The van der Waals surface area contributed by atoms with Crippen LogP contribution in [0, 0.1) is 0 Å². The van der Waals surface area contributed by atoms with Gasteiger partial charge in [-0.1, -0.05) is 41.9 Å². The van der Waals surface area contributed by atoms with Crippen molar-refractivity contribution in [1.29, 1.82) is 0 Å². The van der Waals surface area contributed by atoms with Crippen LogP contribution in [0.1, 0.15) is 15.2 Å². The SMILES string of the molecule is COCCn1c(N)c(N(Cc2ccccc2)C(=O)c2ccc(Cl)s2)c(=O)[nH]c1=O. The number of thiophene rings is 1. The predicted octanol–water partition coefficient (Wildman–Crippen LogP) is 2.33. The number of methoxy groups -OCH3 is 1. The first-order valence-electron chi connectivity index (χ1n) is 8.65. The number of benzene rings is 1. The maximum Gasteiger partial charge on any atom is 0.330 e. The number of nitrogen functional groups attached to an aromatic ring is 1. The lowest BCUT2D eigenvalue weighted by Gasteiger charge is -2.24. The first kappa shape index (κ1) is 20.8. The van der Waals surface area contributed by atoms with Gasteiger partial charge < -0.3 is 10.5 Å². The summed E-state index contributed by atoms with van der Waals surface area (Å²) in [5, 5.41) is 0. The smallest absolute Gasteiger partial charge is 0.330 e. The Kier molecular flexibility index (Phi) is 6.53. The molecule has 0 saturated heterocycles. The molecule has 152 valence electrons. The number of halogens is 1. The molecule has 3 N–H and O–H groups in total. The monoisotopic (exact) mass is 434 g/mol. The molecule has 0 spiro atoms. The van der Waals surface area contributed by atoms with Crippen LogP contribution in [0.4, 0.5) is 11.5 Å². The van der Waals surface area contributed by atoms with Gasteiger partial charge in [0.15, 0.2) is 5.69 Å². The molecule has 0 fully saturated rings. The third-order valence-corrected chi connectivity index (χ3v) is 5.43. The summed E-state index contributed by atoms with van der Waals surface area (Å²) in [6, 6.07) is 12.3. The quantitative estimate of drug-likeness (QED) is 0.593. The molecule has 0 radical (unpaired) electrons. The third-order valence-electron chi connectivity index (χ3n) is 4.22. The molecule has 2 aromatic heterocycles. The van der Waals surface area contributed by atoms with E-state index in [1.807, 2.05) is 30.3 Å². The van der Waals surface area contributed by atoms with Crippen LogP contribution >= 0.6 is 22.9 Å². The molecule has 3 aromatic rings. The van der Waals surface area contributed by atoms with Crippen molar-refractivity contribution in [3.05, 3.63) is 78.1 Å². The molecule has 2 heterocycles. The number of H-pyrrole nitrogens is 1. The van der Waals surface area contributed by atoms with Crippen molar-refractivity contribution in [2.24, 2.45) is 0 Å². The number of nitrogens with zero attached hydrogens (tertiary/aromatic N) is 2. The molecular formula is C19H19ClN4O4S. The zero-order chi connectivity index (χ0) is 21.0. The van der Waals surface area contributed by atoms with Crippen molar-refractivity contribution in [2.45, 2.75) is 13.1 Å². The van der Waals surface area contributed by atoms with E-state index in [0.29, 0.717) is 9.21 Å². The number of nitrogens with one attached hydrogen (secondary N) is 1. The summed E-state index contributed by atoms with van der Waals surface area (Å²) in [4.78, 5) is 41.9. The lowest BCUT2D eigenvalue weighted by Crippen LogP contribution is -2.41. The lowest BCUT2D eigenvalue weighted by atomic mass is 10.2. The molecule has 0 bridgehead atoms. The molecule has 8 nitrogen and oxygen atoms in total. The zero-order valence-corrected chi connectivity index (χ0v) is 17.1. The summed E-state index contributed by atoms with van der Waals surface area (Å²) >= 11 is 7.07. The van der Waals surface area contributed by atoms with Gasteiger partial charge in [-0.2, -0.15) is 0 Å². The van der Waals surface area contributed by atoms with E-state index in [9.17, 15) is 14.4 Å². The number of carbonyl (C=O) groups is 1. The second kappa shape index (κ2) is 9.08. The van der Waals surface area contributed by atoms with Crippen LogP contribution in [0.5, 0.6) is 0 Å². The molecule has 0 saturated carbocycles. The summed E-state index contributed by atoms with van der Waals surface area (Å²) < 4.78 is 6.62. The van der Waals surface area contributed by atoms with Crippen LogP contribution in [0.15, 0.2) is 52.1 Å². The van der Waals surface area contributed by atoms with Crippen molar-refractivity contribution >= 4 is 40.4 Å². The Morgan fingerprint density at radius 2 is 1.97 bits per heavy atom. The van der Waals surface area contributed by atoms with Gasteiger partial charge in [-0.05, 0) is 17.7 Å². The van der Waals surface area contributed by atoms with E-state index in [4.69, 9.17) is 22.1 Å². The fourth-order valence-corrected chi connectivity index (χ4v) is 3.82. The minimum Gasteiger partial charge on any atom is -0.383 e. The van der Waals surface area contributed by atoms with E-state index in [1.165, 1.54) is 16.6 Å². The maximum atomic E-state index is 13.2. The molecule has 0 unspecified atom stereocenters. The van der Waals surface area contributed by atoms with E-state index < -0.39 is 17.2 Å². The second-order valence-corrected chi connectivity index (χ2v) is 7.83. The second-order valence-electron chi connectivity index (χ2n) is 6.12. The van der Waals surface area contributed by atoms with Gasteiger partial charge in [0.2, 0.25) is 0 Å². The Morgan fingerprint density at radius 1 is 1.24 bits per heavy atom. The van der Waals surface area contributed by atoms with Crippen molar-refractivity contribution in [3.8, 4) is 0 Å². The van der Waals surface area contributed by atoms with Crippen molar-refractivity contribution < 1.29 is 9.53 Å². The van der Waals surface area contributed by atoms with Gasteiger partial charge in [-0.3, -0.25) is 24.0 Å². The standard InChI is InChI=1S/C19H19ClN4O4S/c1-28-10-9-23-16(21)15(17(25)22-19(23)27)24(11-12-5-3-2-4-6-12)18(26)13-7-8-14(20)29-13/h2-8H,9-11,21H2,1H3,(H,22,25,27). The Hall–Kier alpha value is -2.88. The fourth-order valence-electron chi connectivity index (χ4n) is 2.82. The predicted molar refractivity (Wildman–Crippen MR) is 114 cm³/mol. The van der Waals surface area contributed by atoms with Crippen LogP contribution in [0.2, 0.25) is 4.34 Å². The first-order chi connectivity index (χ1) is 13.9. The van der Waals surface area contributed by atoms with Crippen LogP contribution < -0.4 is 21.9 Å².